The second kappa shape index (κ2) is 8.37. The maximum absolute atomic E-state index is 6.42. The first kappa shape index (κ1) is 16.2. The Balaban J connectivity index is 2.34. The summed E-state index contributed by atoms with van der Waals surface area (Å²) in [4.78, 5) is 0. The molecule has 19 heavy (non-hydrogen) atoms. The minimum Gasteiger partial charge on any atom is -0.327 e. The Kier molecular flexibility index (Phi) is 7.15. The molecule has 0 aliphatic carbocycles. The van der Waals surface area contributed by atoms with E-state index in [0.29, 0.717) is 0 Å². The van der Waals surface area contributed by atoms with Crippen LogP contribution >= 0.6 is 0 Å². The van der Waals surface area contributed by atoms with Gasteiger partial charge in [-0.05, 0) is 12.0 Å². The first-order valence-corrected chi connectivity index (χ1v) is 7.90. The first-order chi connectivity index (χ1) is 9.09. The Labute approximate surface area is 119 Å². The van der Waals surface area contributed by atoms with Crippen molar-refractivity contribution < 1.29 is 0 Å². The van der Waals surface area contributed by atoms with E-state index in [1.165, 1.54) is 44.1 Å². The molecule has 0 heterocycles. The van der Waals surface area contributed by atoms with E-state index in [2.05, 4.69) is 51.1 Å². The SMILES string of the molecule is CCCCCCCCC(N)C(C)(C)c1ccccc1. The molecule has 0 aromatic heterocycles. The van der Waals surface area contributed by atoms with Crippen LogP contribution in [0.4, 0.5) is 0 Å². The van der Waals surface area contributed by atoms with Gasteiger partial charge in [-0.25, -0.2) is 0 Å². The first-order valence-electron chi connectivity index (χ1n) is 7.90. The van der Waals surface area contributed by atoms with Crippen molar-refractivity contribution in [2.75, 3.05) is 0 Å². The van der Waals surface area contributed by atoms with Gasteiger partial charge in [-0.2, -0.15) is 0 Å². The highest BCUT2D eigenvalue weighted by Gasteiger charge is 2.27. The zero-order valence-corrected chi connectivity index (χ0v) is 13.0. The largest absolute Gasteiger partial charge is 0.327 e. The van der Waals surface area contributed by atoms with Gasteiger partial charge in [0.25, 0.3) is 0 Å². The molecule has 1 aromatic carbocycles. The van der Waals surface area contributed by atoms with Gasteiger partial charge in [-0.1, -0.05) is 89.6 Å². The molecule has 2 N–H and O–H groups in total. The van der Waals surface area contributed by atoms with Gasteiger partial charge in [0.2, 0.25) is 0 Å². The van der Waals surface area contributed by atoms with Crippen LogP contribution in [0, 0.1) is 0 Å². The van der Waals surface area contributed by atoms with Gasteiger partial charge < -0.3 is 5.73 Å². The Morgan fingerprint density at radius 2 is 1.53 bits per heavy atom. The van der Waals surface area contributed by atoms with Gasteiger partial charge in [0.15, 0.2) is 0 Å². The van der Waals surface area contributed by atoms with Crippen molar-refractivity contribution in [1.29, 1.82) is 0 Å². The van der Waals surface area contributed by atoms with Gasteiger partial charge in [0, 0.05) is 11.5 Å². The third kappa shape index (κ3) is 5.36. The zero-order chi connectivity index (χ0) is 14.1. The van der Waals surface area contributed by atoms with Crippen LogP contribution in [0.5, 0.6) is 0 Å². The van der Waals surface area contributed by atoms with Crippen LogP contribution in [0.25, 0.3) is 0 Å². The summed E-state index contributed by atoms with van der Waals surface area (Å²) in [5.41, 5.74) is 7.85. The number of rotatable bonds is 9. The number of hydrogen-bond acceptors (Lipinski definition) is 1. The van der Waals surface area contributed by atoms with Crippen molar-refractivity contribution in [1.82, 2.24) is 0 Å². The summed E-state index contributed by atoms with van der Waals surface area (Å²) in [7, 11) is 0. The monoisotopic (exact) mass is 261 g/mol. The van der Waals surface area contributed by atoms with Crippen molar-refractivity contribution in [2.45, 2.75) is 77.2 Å². The van der Waals surface area contributed by atoms with Gasteiger partial charge in [0.1, 0.15) is 0 Å². The minimum absolute atomic E-state index is 0.0741. The summed E-state index contributed by atoms with van der Waals surface area (Å²) in [6.45, 7) is 6.80. The molecule has 1 aromatic rings. The lowest BCUT2D eigenvalue weighted by Crippen LogP contribution is -2.40. The summed E-state index contributed by atoms with van der Waals surface area (Å²) >= 11 is 0. The molecular formula is C18H31N. The molecule has 1 heteroatoms. The summed E-state index contributed by atoms with van der Waals surface area (Å²) in [5, 5.41) is 0. The van der Waals surface area contributed by atoms with E-state index in [-0.39, 0.29) is 11.5 Å². The molecule has 0 aliphatic heterocycles. The molecule has 0 radical (unpaired) electrons. The van der Waals surface area contributed by atoms with E-state index in [9.17, 15) is 0 Å². The van der Waals surface area contributed by atoms with E-state index < -0.39 is 0 Å². The van der Waals surface area contributed by atoms with Gasteiger partial charge >= 0.3 is 0 Å². The lowest BCUT2D eigenvalue weighted by atomic mass is 9.76. The predicted molar refractivity (Wildman–Crippen MR) is 85.4 cm³/mol. The molecule has 0 fully saturated rings. The van der Waals surface area contributed by atoms with E-state index in [4.69, 9.17) is 5.73 Å². The smallest absolute Gasteiger partial charge is 0.0131 e. The highest BCUT2D eigenvalue weighted by molar-refractivity contribution is 5.25. The highest BCUT2D eigenvalue weighted by atomic mass is 14.7. The van der Waals surface area contributed by atoms with Crippen LogP contribution < -0.4 is 5.73 Å². The van der Waals surface area contributed by atoms with Crippen molar-refractivity contribution >= 4 is 0 Å². The number of hydrogen-bond donors (Lipinski definition) is 1. The fraction of sp³-hybridized carbons (Fsp3) is 0.667. The van der Waals surface area contributed by atoms with E-state index in [1.807, 2.05) is 0 Å². The standard InChI is InChI=1S/C18H31N/c1-4-5-6-7-8-12-15-17(19)18(2,3)16-13-10-9-11-14-16/h9-11,13-14,17H,4-8,12,15,19H2,1-3H3. The normalized spacial score (nSPS) is 13.5. The molecule has 1 nitrogen and oxygen atoms in total. The fourth-order valence-corrected chi connectivity index (χ4v) is 2.59. The molecule has 1 atom stereocenters. The molecule has 0 amide bonds. The molecule has 0 bridgehead atoms. The lowest BCUT2D eigenvalue weighted by molar-refractivity contribution is 0.375. The molecular weight excluding hydrogens is 230 g/mol. The topological polar surface area (TPSA) is 26.0 Å². The average molecular weight is 261 g/mol. The molecule has 0 aliphatic rings. The Bertz CT molecular complexity index is 329. The summed E-state index contributed by atoms with van der Waals surface area (Å²) in [6, 6.07) is 10.9. The van der Waals surface area contributed by atoms with Crippen molar-refractivity contribution in [2.24, 2.45) is 5.73 Å². The second-order valence-corrected chi connectivity index (χ2v) is 6.25. The molecule has 1 unspecified atom stereocenters. The second-order valence-electron chi connectivity index (χ2n) is 6.25. The average Bonchev–Trinajstić information content (AvgIpc) is 2.43. The predicted octanol–water partition coefficient (Wildman–Crippen LogP) is 5.04. The molecule has 0 saturated heterocycles. The van der Waals surface area contributed by atoms with Crippen LogP contribution in [0.3, 0.4) is 0 Å². The third-order valence-corrected chi connectivity index (χ3v) is 4.31. The van der Waals surface area contributed by atoms with Crippen LogP contribution in [0.1, 0.15) is 71.3 Å². The number of unbranched alkanes of at least 4 members (excludes halogenated alkanes) is 5. The highest BCUT2D eigenvalue weighted by Crippen LogP contribution is 2.28. The minimum atomic E-state index is 0.0741. The summed E-state index contributed by atoms with van der Waals surface area (Å²) in [5.74, 6) is 0. The van der Waals surface area contributed by atoms with E-state index >= 15 is 0 Å². The molecule has 0 saturated carbocycles. The van der Waals surface area contributed by atoms with Gasteiger partial charge in [0.05, 0.1) is 0 Å². The quantitative estimate of drug-likeness (QED) is 0.619. The third-order valence-electron chi connectivity index (χ3n) is 4.31. The molecule has 1 rings (SSSR count). The maximum Gasteiger partial charge on any atom is 0.0131 e. The summed E-state index contributed by atoms with van der Waals surface area (Å²) in [6.07, 6.45) is 9.18. The van der Waals surface area contributed by atoms with Crippen molar-refractivity contribution in [3.05, 3.63) is 35.9 Å². The lowest BCUT2D eigenvalue weighted by Gasteiger charge is -2.32. The maximum atomic E-state index is 6.42. The Morgan fingerprint density at radius 1 is 0.947 bits per heavy atom. The van der Waals surface area contributed by atoms with Gasteiger partial charge in [-0.15, -0.1) is 0 Å². The van der Waals surface area contributed by atoms with Crippen molar-refractivity contribution in [3.63, 3.8) is 0 Å². The molecule has 0 spiro atoms. The zero-order valence-electron chi connectivity index (χ0n) is 13.0. The summed E-state index contributed by atoms with van der Waals surface area (Å²) < 4.78 is 0. The Morgan fingerprint density at radius 3 is 2.16 bits per heavy atom. The number of benzene rings is 1. The van der Waals surface area contributed by atoms with Crippen LogP contribution in [0.2, 0.25) is 0 Å². The van der Waals surface area contributed by atoms with E-state index in [1.54, 1.807) is 0 Å². The molecule has 108 valence electrons. The fourth-order valence-electron chi connectivity index (χ4n) is 2.59. The Hall–Kier alpha value is -0.820. The van der Waals surface area contributed by atoms with E-state index in [0.717, 1.165) is 6.42 Å². The number of nitrogens with two attached hydrogens (primary N) is 1. The van der Waals surface area contributed by atoms with Crippen LogP contribution in [0.15, 0.2) is 30.3 Å². The van der Waals surface area contributed by atoms with Crippen LogP contribution in [-0.4, -0.2) is 6.04 Å². The van der Waals surface area contributed by atoms with Gasteiger partial charge in [-0.3, -0.25) is 0 Å². The van der Waals surface area contributed by atoms with Crippen LogP contribution in [-0.2, 0) is 5.41 Å². The van der Waals surface area contributed by atoms with Crippen molar-refractivity contribution in [3.8, 4) is 0 Å².